The zero-order valence-corrected chi connectivity index (χ0v) is 16.0. The van der Waals surface area contributed by atoms with Gasteiger partial charge in [-0.05, 0) is 24.6 Å². The van der Waals surface area contributed by atoms with Gasteiger partial charge in [0.1, 0.15) is 5.52 Å². The zero-order chi connectivity index (χ0) is 20.5. The van der Waals surface area contributed by atoms with E-state index in [2.05, 4.69) is 10.3 Å². The highest BCUT2D eigenvalue weighted by Crippen LogP contribution is 2.17. The third-order valence-electron chi connectivity index (χ3n) is 4.93. The molecule has 0 spiro atoms. The fraction of sp³-hybridized carbons (Fsp3) is 0.136. The van der Waals surface area contributed by atoms with E-state index in [9.17, 15) is 14.4 Å². The first-order chi connectivity index (χ1) is 14.0. The molecule has 1 atom stereocenters. The van der Waals surface area contributed by atoms with E-state index in [1.54, 1.807) is 48.1 Å². The standard InChI is InChI=1S/C22H20N4O3/c1-14(15-9-5-3-6-10-15)23-20(27)17-13-25(2)19-18(17)24-22(29)26(21(19)28)16-11-7-4-8-12-16/h3-14H,1-2H3,(H,23,27)(H,24,29). The Balaban J connectivity index is 1.79. The van der Waals surface area contributed by atoms with Crippen LogP contribution in [0.15, 0.2) is 76.4 Å². The van der Waals surface area contributed by atoms with Crippen LogP contribution in [0.5, 0.6) is 0 Å². The Morgan fingerprint density at radius 1 is 1.00 bits per heavy atom. The van der Waals surface area contributed by atoms with Gasteiger partial charge in [-0.3, -0.25) is 9.59 Å². The van der Waals surface area contributed by atoms with Crippen molar-refractivity contribution in [3.63, 3.8) is 0 Å². The maximum Gasteiger partial charge on any atom is 0.333 e. The van der Waals surface area contributed by atoms with Gasteiger partial charge in [-0.1, -0.05) is 48.5 Å². The Labute approximate surface area is 166 Å². The highest BCUT2D eigenvalue weighted by atomic mass is 16.2. The van der Waals surface area contributed by atoms with Crippen molar-refractivity contribution < 1.29 is 4.79 Å². The first-order valence-corrected chi connectivity index (χ1v) is 9.23. The normalized spacial score (nSPS) is 12.1. The molecule has 0 aliphatic rings. The molecule has 0 aliphatic carbocycles. The lowest BCUT2D eigenvalue weighted by molar-refractivity contribution is 0.0941. The fourth-order valence-electron chi connectivity index (χ4n) is 3.46. The number of para-hydroxylation sites is 1. The van der Waals surface area contributed by atoms with Crippen LogP contribution in [-0.4, -0.2) is 20.0 Å². The summed E-state index contributed by atoms with van der Waals surface area (Å²) < 4.78 is 2.63. The minimum absolute atomic E-state index is 0.227. The number of aromatic amines is 1. The average Bonchev–Trinajstić information content (AvgIpc) is 3.06. The number of fused-ring (bicyclic) bond motifs is 1. The highest BCUT2D eigenvalue weighted by molar-refractivity contribution is 6.05. The minimum atomic E-state index is -0.593. The van der Waals surface area contributed by atoms with Crippen molar-refractivity contribution in [2.24, 2.45) is 7.05 Å². The molecule has 2 aromatic heterocycles. The molecule has 29 heavy (non-hydrogen) atoms. The van der Waals surface area contributed by atoms with Gasteiger partial charge in [0.05, 0.1) is 22.8 Å². The second kappa shape index (κ2) is 7.27. The maximum atomic E-state index is 13.0. The van der Waals surface area contributed by atoms with Crippen LogP contribution in [0.3, 0.4) is 0 Å². The smallest absolute Gasteiger partial charge is 0.333 e. The maximum absolute atomic E-state index is 13.0. The van der Waals surface area contributed by atoms with E-state index in [4.69, 9.17) is 0 Å². The van der Waals surface area contributed by atoms with E-state index in [-0.39, 0.29) is 28.5 Å². The van der Waals surface area contributed by atoms with Gasteiger partial charge in [-0.2, -0.15) is 0 Å². The minimum Gasteiger partial charge on any atom is -0.345 e. The third kappa shape index (κ3) is 3.27. The van der Waals surface area contributed by atoms with E-state index < -0.39 is 11.2 Å². The summed E-state index contributed by atoms with van der Waals surface area (Å²) >= 11 is 0. The van der Waals surface area contributed by atoms with Gasteiger partial charge in [0.2, 0.25) is 0 Å². The lowest BCUT2D eigenvalue weighted by atomic mass is 10.1. The molecule has 2 aromatic carbocycles. The van der Waals surface area contributed by atoms with Crippen LogP contribution in [0.2, 0.25) is 0 Å². The summed E-state index contributed by atoms with van der Waals surface area (Å²) in [6.45, 7) is 1.88. The number of hydrogen-bond acceptors (Lipinski definition) is 3. The highest BCUT2D eigenvalue weighted by Gasteiger charge is 2.21. The predicted octanol–water partition coefficient (Wildman–Crippen LogP) is 2.51. The van der Waals surface area contributed by atoms with Crippen LogP contribution in [-0.2, 0) is 7.05 Å². The van der Waals surface area contributed by atoms with Crippen LogP contribution < -0.4 is 16.6 Å². The number of rotatable bonds is 4. The fourth-order valence-corrected chi connectivity index (χ4v) is 3.46. The Morgan fingerprint density at radius 2 is 1.62 bits per heavy atom. The topological polar surface area (TPSA) is 88.9 Å². The summed E-state index contributed by atoms with van der Waals surface area (Å²) in [5, 5.41) is 2.92. The van der Waals surface area contributed by atoms with Crippen LogP contribution in [0.25, 0.3) is 16.7 Å². The van der Waals surface area contributed by atoms with E-state index >= 15 is 0 Å². The number of H-pyrrole nitrogens is 1. The van der Waals surface area contributed by atoms with Gasteiger partial charge in [0.15, 0.2) is 0 Å². The van der Waals surface area contributed by atoms with Crippen LogP contribution >= 0.6 is 0 Å². The molecule has 0 fully saturated rings. The molecule has 146 valence electrons. The first kappa shape index (κ1) is 18.5. The van der Waals surface area contributed by atoms with Crippen molar-refractivity contribution in [1.82, 2.24) is 19.4 Å². The van der Waals surface area contributed by atoms with Crippen LogP contribution in [0, 0.1) is 0 Å². The van der Waals surface area contributed by atoms with Gasteiger partial charge >= 0.3 is 5.69 Å². The Morgan fingerprint density at radius 3 is 2.28 bits per heavy atom. The quantitative estimate of drug-likeness (QED) is 0.563. The van der Waals surface area contributed by atoms with Crippen molar-refractivity contribution in [2.75, 3.05) is 0 Å². The summed E-state index contributed by atoms with van der Waals surface area (Å²) in [4.78, 5) is 41.3. The largest absolute Gasteiger partial charge is 0.345 e. The van der Waals surface area contributed by atoms with Gasteiger partial charge in [-0.15, -0.1) is 0 Å². The zero-order valence-electron chi connectivity index (χ0n) is 16.0. The Bertz CT molecular complexity index is 1300. The predicted molar refractivity (Wildman–Crippen MR) is 111 cm³/mol. The number of carbonyl (C=O) groups excluding carboxylic acids is 1. The van der Waals surface area contributed by atoms with Crippen molar-refractivity contribution >= 4 is 16.9 Å². The molecule has 0 saturated carbocycles. The van der Waals surface area contributed by atoms with E-state index in [1.165, 1.54) is 0 Å². The molecule has 4 aromatic rings. The molecule has 7 heteroatoms. The number of hydrogen-bond donors (Lipinski definition) is 2. The SMILES string of the molecule is CC(NC(=O)c1cn(C)c2c(=O)n(-c3ccccc3)c(=O)[nH]c12)c1ccccc1. The molecule has 0 aliphatic heterocycles. The molecular formula is C22H20N4O3. The molecule has 1 unspecified atom stereocenters. The number of nitrogens with zero attached hydrogens (tertiary/aromatic N) is 2. The lowest BCUT2D eigenvalue weighted by Crippen LogP contribution is -2.34. The van der Waals surface area contributed by atoms with E-state index in [0.29, 0.717) is 5.69 Å². The summed E-state index contributed by atoms with van der Waals surface area (Å²) in [7, 11) is 1.68. The Kier molecular flexibility index (Phi) is 4.64. The molecule has 1 amide bonds. The van der Waals surface area contributed by atoms with E-state index in [0.717, 1.165) is 10.1 Å². The molecule has 7 nitrogen and oxygen atoms in total. The number of amides is 1. The van der Waals surface area contributed by atoms with Gasteiger partial charge in [0.25, 0.3) is 11.5 Å². The number of benzene rings is 2. The number of nitrogens with one attached hydrogen (secondary N) is 2. The molecular weight excluding hydrogens is 368 g/mol. The molecule has 2 N–H and O–H groups in total. The summed E-state index contributed by atoms with van der Waals surface area (Å²) in [5.41, 5.74) is 1.09. The van der Waals surface area contributed by atoms with Crippen molar-refractivity contribution in [1.29, 1.82) is 0 Å². The van der Waals surface area contributed by atoms with Crippen molar-refractivity contribution in [2.45, 2.75) is 13.0 Å². The third-order valence-corrected chi connectivity index (χ3v) is 4.93. The number of aryl methyl sites for hydroxylation is 1. The van der Waals surface area contributed by atoms with Crippen LogP contribution in [0.4, 0.5) is 0 Å². The van der Waals surface area contributed by atoms with E-state index in [1.807, 2.05) is 37.3 Å². The summed E-state index contributed by atoms with van der Waals surface area (Å²) in [6, 6.07) is 18.0. The number of aromatic nitrogens is 3. The first-order valence-electron chi connectivity index (χ1n) is 9.23. The second-order valence-electron chi connectivity index (χ2n) is 6.89. The van der Waals surface area contributed by atoms with Gasteiger partial charge in [0, 0.05) is 13.2 Å². The second-order valence-corrected chi connectivity index (χ2v) is 6.89. The molecule has 4 rings (SSSR count). The van der Waals surface area contributed by atoms with Gasteiger partial charge in [-0.25, -0.2) is 9.36 Å². The van der Waals surface area contributed by atoms with Gasteiger partial charge < -0.3 is 14.9 Å². The monoisotopic (exact) mass is 388 g/mol. The van der Waals surface area contributed by atoms with Crippen LogP contribution in [0.1, 0.15) is 28.9 Å². The lowest BCUT2D eigenvalue weighted by Gasteiger charge is -2.13. The Hall–Kier alpha value is -3.87. The average molecular weight is 388 g/mol. The molecule has 0 saturated heterocycles. The molecule has 0 bridgehead atoms. The number of carbonyl (C=O) groups is 1. The molecule has 2 heterocycles. The van der Waals surface area contributed by atoms with Crippen molar-refractivity contribution in [3.05, 3.63) is 98.8 Å². The van der Waals surface area contributed by atoms with Crippen molar-refractivity contribution in [3.8, 4) is 5.69 Å². The summed E-state index contributed by atoms with van der Waals surface area (Å²) in [6.07, 6.45) is 1.56. The summed E-state index contributed by atoms with van der Waals surface area (Å²) in [5.74, 6) is -0.362. The molecule has 0 radical (unpaired) electrons.